The van der Waals surface area contributed by atoms with Crippen LogP contribution in [0.15, 0.2) is 66.1 Å². The van der Waals surface area contributed by atoms with E-state index in [1.165, 1.54) is 49.5 Å². The Bertz CT molecular complexity index is 893. The number of esters is 2. The molecule has 0 unspecified atom stereocenters. The number of thioether (sulfide) groups is 1. The lowest BCUT2D eigenvalue weighted by atomic mass is 10.1. The Morgan fingerprint density at radius 1 is 0.778 bits per heavy atom. The van der Waals surface area contributed by atoms with Gasteiger partial charge in [0.1, 0.15) is 11.5 Å². The molecule has 2 rings (SSSR count). The number of carbonyl (C=O) groups is 2. The highest BCUT2D eigenvalue weighted by Crippen LogP contribution is 2.24. The number of rotatable bonds is 19. The van der Waals surface area contributed by atoms with Crippen LogP contribution in [0.25, 0.3) is 0 Å². The molecule has 0 bridgehead atoms. The van der Waals surface area contributed by atoms with Crippen molar-refractivity contribution >= 4 is 23.7 Å². The van der Waals surface area contributed by atoms with Gasteiger partial charge < -0.3 is 14.2 Å². The normalized spacial score (nSPS) is 10.6. The molecule has 0 spiro atoms. The number of hydrogen-bond acceptors (Lipinski definition) is 6. The van der Waals surface area contributed by atoms with E-state index in [0.29, 0.717) is 24.5 Å². The van der Waals surface area contributed by atoms with Gasteiger partial charge in [0, 0.05) is 11.0 Å². The molecule has 6 heteroatoms. The predicted molar refractivity (Wildman–Crippen MR) is 147 cm³/mol. The molecular formula is C30H40O5S. The quantitative estimate of drug-likeness (QED) is 0.0624. The van der Waals surface area contributed by atoms with Gasteiger partial charge in [-0.2, -0.15) is 0 Å². The molecule has 5 nitrogen and oxygen atoms in total. The molecule has 0 amide bonds. The third kappa shape index (κ3) is 12.8. The second-order valence-electron chi connectivity index (χ2n) is 8.64. The van der Waals surface area contributed by atoms with Gasteiger partial charge in [-0.1, -0.05) is 45.6 Å². The Morgan fingerprint density at radius 3 is 2.08 bits per heavy atom. The van der Waals surface area contributed by atoms with Crippen LogP contribution in [0.2, 0.25) is 0 Å². The zero-order valence-corrected chi connectivity index (χ0v) is 22.4. The van der Waals surface area contributed by atoms with Gasteiger partial charge in [-0.05, 0) is 86.4 Å². The molecule has 0 saturated carbocycles. The molecule has 196 valence electrons. The van der Waals surface area contributed by atoms with Gasteiger partial charge in [0.15, 0.2) is 0 Å². The summed E-state index contributed by atoms with van der Waals surface area (Å²) in [4.78, 5) is 24.6. The Labute approximate surface area is 220 Å². The van der Waals surface area contributed by atoms with Crippen LogP contribution in [-0.4, -0.2) is 30.9 Å². The molecule has 0 aliphatic carbocycles. The molecule has 0 fully saturated rings. The average molecular weight is 513 g/mol. The highest BCUT2D eigenvalue weighted by molar-refractivity contribution is 7.99. The van der Waals surface area contributed by atoms with E-state index in [9.17, 15) is 9.59 Å². The monoisotopic (exact) mass is 512 g/mol. The summed E-state index contributed by atoms with van der Waals surface area (Å²) >= 11 is 1.85. The zero-order chi connectivity index (χ0) is 25.8. The maximum atomic E-state index is 12.5. The summed E-state index contributed by atoms with van der Waals surface area (Å²) < 4.78 is 16.2. The first-order valence-electron chi connectivity index (χ1n) is 13.1. The van der Waals surface area contributed by atoms with E-state index in [1.54, 1.807) is 24.3 Å². The van der Waals surface area contributed by atoms with Crippen molar-refractivity contribution in [1.82, 2.24) is 0 Å². The molecule has 0 heterocycles. The third-order valence-corrected chi connectivity index (χ3v) is 6.71. The molecule has 0 aliphatic heterocycles. The van der Waals surface area contributed by atoms with Crippen LogP contribution in [0.1, 0.15) is 81.5 Å². The van der Waals surface area contributed by atoms with Crippen molar-refractivity contribution in [3.63, 3.8) is 0 Å². The number of ether oxygens (including phenoxy) is 3. The van der Waals surface area contributed by atoms with Crippen molar-refractivity contribution in [1.29, 1.82) is 0 Å². The topological polar surface area (TPSA) is 61.8 Å². The van der Waals surface area contributed by atoms with E-state index in [4.69, 9.17) is 14.2 Å². The first-order valence-corrected chi connectivity index (χ1v) is 14.1. The molecule has 0 atom stereocenters. The van der Waals surface area contributed by atoms with Gasteiger partial charge in [-0.3, -0.25) is 0 Å². The minimum absolute atomic E-state index is 0.378. The molecule has 0 aromatic heterocycles. The fourth-order valence-electron chi connectivity index (χ4n) is 3.51. The summed E-state index contributed by atoms with van der Waals surface area (Å²) in [7, 11) is 0. The zero-order valence-electron chi connectivity index (χ0n) is 21.5. The second kappa shape index (κ2) is 18.5. The molecule has 2 aromatic rings. The fourth-order valence-corrected chi connectivity index (χ4v) is 4.42. The first kappa shape index (κ1) is 29.5. The van der Waals surface area contributed by atoms with E-state index >= 15 is 0 Å². The van der Waals surface area contributed by atoms with Crippen molar-refractivity contribution in [2.75, 3.05) is 19.0 Å². The molecule has 0 N–H and O–H groups in total. The summed E-state index contributed by atoms with van der Waals surface area (Å²) in [6.07, 6.45) is 12.7. The van der Waals surface area contributed by atoms with Crippen molar-refractivity contribution in [3.8, 4) is 11.5 Å². The van der Waals surface area contributed by atoms with Crippen LogP contribution >= 0.6 is 11.8 Å². The standard InChI is InChI=1S/C30H40O5S/c1-3-5-6-7-10-13-24-36-28-20-18-27(19-21-28)35-30(32)25-14-16-26(17-15-25)33-22-11-8-9-12-23-34-29(31)4-2/h4,14-21H,2-3,5-13,22-24H2,1H3. The van der Waals surface area contributed by atoms with Gasteiger partial charge in [0.05, 0.1) is 18.8 Å². The minimum atomic E-state index is -0.383. The molecule has 36 heavy (non-hydrogen) atoms. The fraction of sp³-hybridized carbons (Fsp3) is 0.467. The van der Waals surface area contributed by atoms with Gasteiger partial charge in [0.25, 0.3) is 0 Å². The van der Waals surface area contributed by atoms with Crippen molar-refractivity contribution in [2.24, 2.45) is 0 Å². The first-order chi connectivity index (χ1) is 17.6. The van der Waals surface area contributed by atoms with Crippen molar-refractivity contribution in [3.05, 3.63) is 66.7 Å². The van der Waals surface area contributed by atoms with Crippen LogP contribution in [0.4, 0.5) is 0 Å². The Kier molecular flexibility index (Phi) is 15.2. The van der Waals surface area contributed by atoms with Crippen LogP contribution < -0.4 is 9.47 Å². The van der Waals surface area contributed by atoms with Gasteiger partial charge in [0.2, 0.25) is 0 Å². The second-order valence-corrected chi connectivity index (χ2v) is 9.80. The number of unbranched alkanes of at least 4 members (excludes halogenated alkanes) is 8. The summed E-state index contributed by atoms with van der Waals surface area (Å²) in [6.45, 7) is 6.63. The van der Waals surface area contributed by atoms with Gasteiger partial charge >= 0.3 is 11.9 Å². The van der Waals surface area contributed by atoms with Crippen LogP contribution in [-0.2, 0) is 9.53 Å². The van der Waals surface area contributed by atoms with Gasteiger partial charge in [-0.15, -0.1) is 11.8 Å². The van der Waals surface area contributed by atoms with E-state index in [2.05, 4.69) is 13.5 Å². The van der Waals surface area contributed by atoms with Crippen LogP contribution in [0.5, 0.6) is 11.5 Å². The van der Waals surface area contributed by atoms with E-state index in [0.717, 1.165) is 37.2 Å². The lowest BCUT2D eigenvalue weighted by molar-refractivity contribution is -0.137. The lowest BCUT2D eigenvalue weighted by Crippen LogP contribution is -2.08. The van der Waals surface area contributed by atoms with Crippen molar-refractivity contribution < 1.29 is 23.8 Å². The average Bonchev–Trinajstić information content (AvgIpc) is 2.90. The van der Waals surface area contributed by atoms with E-state index < -0.39 is 0 Å². The van der Waals surface area contributed by atoms with E-state index in [-0.39, 0.29) is 11.9 Å². The Balaban J connectivity index is 1.61. The number of hydrogen-bond donors (Lipinski definition) is 0. The SMILES string of the molecule is C=CC(=O)OCCCCCCOc1ccc(C(=O)Oc2ccc(SCCCCCCCC)cc2)cc1. The molecule has 2 aromatic carbocycles. The minimum Gasteiger partial charge on any atom is -0.494 e. The smallest absolute Gasteiger partial charge is 0.343 e. The number of carbonyl (C=O) groups excluding carboxylic acids is 2. The molecule has 0 radical (unpaired) electrons. The van der Waals surface area contributed by atoms with E-state index in [1.807, 2.05) is 36.0 Å². The lowest BCUT2D eigenvalue weighted by Gasteiger charge is -2.08. The summed E-state index contributed by atoms with van der Waals surface area (Å²) in [5, 5.41) is 0. The van der Waals surface area contributed by atoms with Gasteiger partial charge in [-0.25, -0.2) is 9.59 Å². The Morgan fingerprint density at radius 2 is 1.39 bits per heavy atom. The largest absolute Gasteiger partial charge is 0.494 e. The predicted octanol–water partition coefficient (Wildman–Crippen LogP) is 8.03. The number of benzene rings is 2. The molecular weight excluding hydrogens is 472 g/mol. The maximum absolute atomic E-state index is 12.5. The summed E-state index contributed by atoms with van der Waals surface area (Å²) in [5.74, 6) is 1.62. The highest BCUT2D eigenvalue weighted by Gasteiger charge is 2.09. The highest BCUT2D eigenvalue weighted by atomic mass is 32.2. The summed E-state index contributed by atoms with van der Waals surface area (Å²) in [5.41, 5.74) is 0.484. The van der Waals surface area contributed by atoms with Crippen LogP contribution in [0.3, 0.4) is 0 Å². The molecule has 0 saturated heterocycles. The molecule has 0 aliphatic rings. The van der Waals surface area contributed by atoms with Crippen molar-refractivity contribution in [2.45, 2.75) is 76.0 Å². The maximum Gasteiger partial charge on any atom is 0.343 e. The third-order valence-electron chi connectivity index (χ3n) is 5.61. The van der Waals surface area contributed by atoms with Crippen LogP contribution in [0, 0.1) is 0 Å². The Hall–Kier alpha value is -2.73. The summed E-state index contributed by atoms with van der Waals surface area (Å²) in [6, 6.07) is 14.7.